The maximum Gasteiger partial charge on any atom is 0.122 e. The second-order valence-corrected chi connectivity index (χ2v) is 8.89. The number of rotatable bonds is 6. The van der Waals surface area contributed by atoms with Crippen LogP contribution in [0.2, 0.25) is 0 Å². The van der Waals surface area contributed by atoms with Crippen molar-refractivity contribution >= 4 is 16.3 Å². The lowest BCUT2D eigenvalue weighted by Gasteiger charge is -2.29. The van der Waals surface area contributed by atoms with E-state index in [1.807, 2.05) is 0 Å². The van der Waals surface area contributed by atoms with Crippen LogP contribution in [0, 0.1) is 5.92 Å². The van der Waals surface area contributed by atoms with E-state index in [4.69, 9.17) is 4.74 Å². The van der Waals surface area contributed by atoms with Gasteiger partial charge in [-0.05, 0) is 66.8 Å². The van der Waals surface area contributed by atoms with E-state index >= 15 is 0 Å². The molecule has 0 bridgehead atoms. The van der Waals surface area contributed by atoms with Crippen LogP contribution in [-0.4, -0.2) is 19.1 Å². The van der Waals surface area contributed by atoms with Crippen molar-refractivity contribution in [3.05, 3.63) is 101 Å². The van der Waals surface area contributed by atoms with Crippen molar-refractivity contribution < 1.29 is 4.74 Å². The Hall–Kier alpha value is -2.84. The lowest BCUT2D eigenvalue weighted by Crippen LogP contribution is -2.23. The van der Waals surface area contributed by atoms with Gasteiger partial charge in [-0.3, -0.25) is 4.90 Å². The van der Waals surface area contributed by atoms with Gasteiger partial charge in [0.25, 0.3) is 0 Å². The number of fused-ring (bicyclic) bond motifs is 1. The first-order valence-electron chi connectivity index (χ1n) is 11.2. The molecule has 1 aliphatic carbocycles. The van der Waals surface area contributed by atoms with Gasteiger partial charge < -0.3 is 4.74 Å². The summed E-state index contributed by atoms with van der Waals surface area (Å²) in [6, 6.07) is 24.3. The maximum atomic E-state index is 5.91. The van der Waals surface area contributed by atoms with Gasteiger partial charge in [0.1, 0.15) is 5.76 Å². The summed E-state index contributed by atoms with van der Waals surface area (Å²) in [4.78, 5) is 2.43. The Kier molecular flexibility index (Phi) is 6.29. The number of allylic oxidation sites excluding steroid dienone is 3. The average Bonchev–Trinajstić information content (AvgIpc) is 2.79. The fourth-order valence-corrected chi connectivity index (χ4v) is 4.84. The van der Waals surface area contributed by atoms with Crippen molar-refractivity contribution in [2.45, 2.75) is 39.8 Å². The Morgan fingerprint density at radius 1 is 1.00 bits per heavy atom. The summed E-state index contributed by atoms with van der Waals surface area (Å²) in [5.74, 6) is 1.51. The quantitative estimate of drug-likeness (QED) is 0.420. The molecule has 2 atom stereocenters. The van der Waals surface area contributed by atoms with Crippen LogP contribution in [0.1, 0.15) is 49.9 Å². The van der Waals surface area contributed by atoms with E-state index in [2.05, 4.69) is 106 Å². The summed E-state index contributed by atoms with van der Waals surface area (Å²) in [5.41, 5.74) is 6.68. The molecule has 31 heavy (non-hydrogen) atoms. The molecule has 2 nitrogen and oxygen atoms in total. The lowest BCUT2D eigenvalue weighted by molar-refractivity contribution is 0.253. The fraction of sp³-hybridized carbons (Fsp3) is 0.310. The minimum atomic E-state index is 0.333. The van der Waals surface area contributed by atoms with E-state index in [1.165, 1.54) is 38.6 Å². The number of methoxy groups -OCH3 is 1. The van der Waals surface area contributed by atoms with Crippen molar-refractivity contribution in [3.63, 3.8) is 0 Å². The van der Waals surface area contributed by atoms with Gasteiger partial charge in [0, 0.05) is 18.2 Å². The zero-order valence-electron chi connectivity index (χ0n) is 19.4. The molecule has 160 valence electrons. The molecular formula is C29H33NO. The molecule has 1 aliphatic rings. The van der Waals surface area contributed by atoms with Crippen molar-refractivity contribution in [2.24, 2.45) is 5.92 Å². The monoisotopic (exact) mass is 411 g/mol. The third-order valence-corrected chi connectivity index (χ3v) is 6.59. The van der Waals surface area contributed by atoms with E-state index in [-0.39, 0.29) is 0 Å². The van der Waals surface area contributed by atoms with Crippen molar-refractivity contribution in [2.75, 3.05) is 14.2 Å². The fourth-order valence-electron chi connectivity index (χ4n) is 4.84. The molecule has 0 fully saturated rings. The second-order valence-electron chi connectivity index (χ2n) is 8.89. The Morgan fingerprint density at radius 2 is 1.71 bits per heavy atom. The molecule has 0 amide bonds. The van der Waals surface area contributed by atoms with E-state index in [9.17, 15) is 0 Å². The highest BCUT2D eigenvalue weighted by Crippen LogP contribution is 2.41. The minimum Gasteiger partial charge on any atom is -0.496 e. The first kappa shape index (κ1) is 21.4. The normalized spacial score (nSPS) is 17.7. The molecule has 4 rings (SSSR count). The van der Waals surface area contributed by atoms with Gasteiger partial charge in [-0.25, -0.2) is 0 Å². The van der Waals surface area contributed by atoms with E-state index in [1.54, 1.807) is 7.11 Å². The van der Waals surface area contributed by atoms with Gasteiger partial charge in [0.2, 0.25) is 0 Å². The van der Waals surface area contributed by atoms with Crippen molar-refractivity contribution in [1.82, 2.24) is 4.90 Å². The summed E-state index contributed by atoms with van der Waals surface area (Å²) < 4.78 is 5.91. The summed E-state index contributed by atoms with van der Waals surface area (Å²) in [5, 5.41) is 2.57. The van der Waals surface area contributed by atoms with Crippen LogP contribution < -0.4 is 0 Å². The minimum absolute atomic E-state index is 0.333. The van der Waals surface area contributed by atoms with Gasteiger partial charge in [0.15, 0.2) is 0 Å². The molecule has 0 radical (unpaired) electrons. The topological polar surface area (TPSA) is 12.5 Å². The van der Waals surface area contributed by atoms with Crippen LogP contribution in [0.3, 0.4) is 0 Å². The van der Waals surface area contributed by atoms with Crippen LogP contribution in [0.15, 0.2) is 84.1 Å². The van der Waals surface area contributed by atoms with E-state index < -0.39 is 0 Å². The molecule has 2 unspecified atom stereocenters. The van der Waals surface area contributed by atoms with Crippen LogP contribution in [0.4, 0.5) is 0 Å². The van der Waals surface area contributed by atoms with E-state index in [0.29, 0.717) is 12.0 Å². The number of hydrogen-bond acceptors (Lipinski definition) is 2. The predicted octanol–water partition coefficient (Wildman–Crippen LogP) is 7.38. The maximum absolute atomic E-state index is 5.91. The number of hydrogen-bond donors (Lipinski definition) is 0. The van der Waals surface area contributed by atoms with E-state index in [0.717, 1.165) is 18.7 Å². The third kappa shape index (κ3) is 4.31. The smallest absolute Gasteiger partial charge is 0.122 e. The summed E-state index contributed by atoms with van der Waals surface area (Å²) in [7, 11) is 4.01. The van der Waals surface area contributed by atoms with Gasteiger partial charge in [-0.2, -0.15) is 0 Å². The van der Waals surface area contributed by atoms with Crippen LogP contribution in [-0.2, 0) is 11.3 Å². The molecule has 0 aromatic heterocycles. The Labute approximate surface area is 186 Å². The summed E-state index contributed by atoms with van der Waals surface area (Å²) in [6.07, 6.45) is 3.35. The van der Waals surface area contributed by atoms with Crippen molar-refractivity contribution in [3.8, 4) is 0 Å². The molecule has 0 saturated carbocycles. The Morgan fingerprint density at radius 3 is 2.45 bits per heavy atom. The van der Waals surface area contributed by atoms with Crippen molar-refractivity contribution in [1.29, 1.82) is 0 Å². The molecule has 0 spiro atoms. The number of ether oxygens (including phenoxy) is 1. The molecule has 0 saturated heterocycles. The second kappa shape index (κ2) is 9.11. The first-order valence-corrected chi connectivity index (χ1v) is 11.2. The molecular weight excluding hydrogens is 378 g/mol. The Bertz CT molecular complexity index is 1130. The molecule has 0 N–H and O–H groups in total. The molecule has 3 aromatic rings. The van der Waals surface area contributed by atoms with Crippen LogP contribution >= 0.6 is 0 Å². The summed E-state index contributed by atoms with van der Waals surface area (Å²) in [6.45, 7) is 7.68. The molecule has 3 aromatic carbocycles. The summed E-state index contributed by atoms with van der Waals surface area (Å²) >= 11 is 0. The first-order chi connectivity index (χ1) is 15.0. The highest BCUT2D eigenvalue weighted by atomic mass is 16.5. The number of benzene rings is 3. The zero-order valence-corrected chi connectivity index (χ0v) is 19.4. The average molecular weight is 412 g/mol. The molecule has 2 heteroatoms. The number of nitrogens with zero attached hydrogens (tertiary/aromatic N) is 1. The van der Waals surface area contributed by atoms with Gasteiger partial charge in [0.05, 0.1) is 7.11 Å². The lowest BCUT2D eigenvalue weighted by atomic mass is 9.83. The molecule has 0 heterocycles. The predicted molar refractivity (Wildman–Crippen MR) is 132 cm³/mol. The van der Waals surface area contributed by atoms with Crippen LogP contribution in [0.25, 0.3) is 16.3 Å². The largest absolute Gasteiger partial charge is 0.496 e. The third-order valence-electron chi connectivity index (χ3n) is 6.59. The Balaban J connectivity index is 1.82. The zero-order chi connectivity index (χ0) is 22.0. The molecule has 0 aliphatic heterocycles. The van der Waals surface area contributed by atoms with Gasteiger partial charge in [-0.15, -0.1) is 0 Å². The van der Waals surface area contributed by atoms with Gasteiger partial charge >= 0.3 is 0 Å². The standard InChI is InChI=1S/C29H33NO/c1-20-17-21(2)28(27(18-20)31-5)29-25(16-15-24-13-9-10-14-26(24)29)19-30(4)22(3)23-11-7-6-8-12-23/h6-16,18,20,22H,17,19H2,1-5H3. The SMILES string of the molecule is COC1=CC(C)CC(C)=C1c1c(CN(C)C(C)c2ccccc2)ccc2ccccc12. The van der Waals surface area contributed by atoms with Crippen LogP contribution in [0.5, 0.6) is 0 Å². The highest BCUT2D eigenvalue weighted by Gasteiger charge is 2.24. The van der Waals surface area contributed by atoms with Gasteiger partial charge in [-0.1, -0.05) is 79.2 Å². The highest BCUT2D eigenvalue weighted by molar-refractivity contribution is 5.99.